The number of rotatable bonds is 4. The van der Waals surface area contributed by atoms with E-state index in [9.17, 15) is 19.4 Å². The number of carbonyl (C=O) groups excluding carboxylic acids is 1. The molecule has 88 valence electrons. The van der Waals surface area contributed by atoms with Crippen molar-refractivity contribution in [3.05, 3.63) is 35.1 Å². The van der Waals surface area contributed by atoms with Crippen LogP contribution >= 0.6 is 0 Å². The molecular formula is C11H14FNO3. The lowest BCUT2D eigenvalue weighted by atomic mass is 10.00. The van der Waals surface area contributed by atoms with E-state index in [1.807, 2.05) is 0 Å². The summed E-state index contributed by atoms with van der Waals surface area (Å²) in [5.41, 5.74) is 5.32. The molecule has 1 aromatic rings. The van der Waals surface area contributed by atoms with Crippen molar-refractivity contribution in [2.45, 2.75) is 19.1 Å². The van der Waals surface area contributed by atoms with Gasteiger partial charge < -0.3 is 15.9 Å². The molecule has 0 saturated heterocycles. The molecule has 1 aromatic carbocycles. The average Bonchev–Trinajstić information content (AvgIpc) is 2.27. The van der Waals surface area contributed by atoms with Gasteiger partial charge in [-0.15, -0.1) is 0 Å². The highest BCUT2D eigenvalue weighted by Crippen LogP contribution is 2.21. The fraction of sp³-hybridized carbons (Fsp3) is 0.364. The van der Waals surface area contributed by atoms with Gasteiger partial charge in [0.1, 0.15) is 11.9 Å². The van der Waals surface area contributed by atoms with Crippen molar-refractivity contribution >= 4 is 5.78 Å². The first-order chi connectivity index (χ1) is 7.47. The zero-order chi connectivity index (χ0) is 12.3. The van der Waals surface area contributed by atoms with E-state index >= 15 is 0 Å². The molecule has 0 aliphatic heterocycles. The predicted octanol–water partition coefficient (Wildman–Crippen LogP) is 0.381. The topological polar surface area (TPSA) is 83.5 Å². The Morgan fingerprint density at radius 1 is 1.50 bits per heavy atom. The highest BCUT2D eigenvalue weighted by molar-refractivity contribution is 5.94. The van der Waals surface area contributed by atoms with Crippen molar-refractivity contribution in [3.63, 3.8) is 0 Å². The Kier molecular flexibility index (Phi) is 4.12. The van der Waals surface area contributed by atoms with E-state index in [1.54, 1.807) is 0 Å². The summed E-state index contributed by atoms with van der Waals surface area (Å²) in [5, 5.41) is 18.9. The summed E-state index contributed by atoms with van der Waals surface area (Å²) in [6, 6.07) is 3.63. The van der Waals surface area contributed by atoms with Crippen molar-refractivity contribution in [1.82, 2.24) is 0 Å². The second-order valence-corrected chi connectivity index (χ2v) is 3.54. The standard InChI is InChI=1S/C11H14FNO3/c1-6(14)7-2-3-9(12)8(4-7)11(16)10(15)5-13/h2-4,10-11,15-16H,5,13H2,1H3. The fourth-order valence-corrected chi connectivity index (χ4v) is 1.33. The molecule has 2 atom stereocenters. The molecule has 16 heavy (non-hydrogen) atoms. The number of ketones is 1. The van der Waals surface area contributed by atoms with E-state index in [4.69, 9.17) is 5.73 Å². The number of Topliss-reactive ketones (excluding diaryl/α,β-unsaturated/α-hetero) is 1. The van der Waals surface area contributed by atoms with Gasteiger partial charge in [0.2, 0.25) is 0 Å². The number of aliphatic hydroxyl groups excluding tert-OH is 2. The molecule has 4 N–H and O–H groups in total. The molecular weight excluding hydrogens is 213 g/mol. The third kappa shape index (κ3) is 2.63. The van der Waals surface area contributed by atoms with Gasteiger partial charge in [-0.3, -0.25) is 4.79 Å². The van der Waals surface area contributed by atoms with Crippen LogP contribution < -0.4 is 5.73 Å². The molecule has 0 spiro atoms. The van der Waals surface area contributed by atoms with Crippen LogP contribution in [0.15, 0.2) is 18.2 Å². The Morgan fingerprint density at radius 3 is 2.62 bits per heavy atom. The van der Waals surface area contributed by atoms with Crippen molar-refractivity contribution < 1.29 is 19.4 Å². The summed E-state index contributed by atoms with van der Waals surface area (Å²) in [4.78, 5) is 11.1. The van der Waals surface area contributed by atoms with Gasteiger partial charge in [-0.1, -0.05) is 0 Å². The van der Waals surface area contributed by atoms with Crippen LogP contribution in [-0.2, 0) is 0 Å². The molecule has 0 aromatic heterocycles. The van der Waals surface area contributed by atoms with Crippen LogP contribution in [0.5, 0.6) is 0 Å². The lowest BCUT2D eigenvalue weighted by molar-refractivity contribution is 0.0221. The molecule has 0 saturated carbocycles. The van der Waals surface area contributed by atoms with Gasteiger partial charge in [0.05, 0.1) is 6.10 Å². The molecule has 0 radical (unpaired) electrons. The second kappa shape index (κ2) is 5.16. The van der Waals surface area contributed by atoms with E-state index in [-0.39, 0.29) is 23.5 Å². The highest BCUT2D eigenvalue weighted by Gasteiger charge is 2.21. The minimum atomic E-state index is -1.43. The van der Waals surface area contributed by atoms with Crippen LogP contribution in [-0.4, -0.2) is 28.6 Å². The van der Waals surface area contributed by atoms with E-state index in [0.29, 0.717) is 0 Å². The zero-order valence-corrected chi connectivity index (χ0v) is 8.85. The summed E-state index contributed by atoms with van der Waals surface area (Å²) < 4.78 is 13.4. The summed E-state index contributed by atoms with van der Waals surface area (Å²) in [7, 11) is 0. The third-order valence-corrected chi connectivity index (χ3v) is 2.33. The molecule has 0 heterocycles. The van der Waals surface area contributed by atoms with Gasteiger partial charge in [0.15, 0.2) is 5.78 Å². The smallest absolute Gasteiger partial charge is 0.159 e. The van der Waals surface area contributed by atoms with Crippen LogP contribution in [0.25, 0.3) is 0 Å². The lowest BCUT2D eigenvalue weighted by Gasteiger charge is -2.17. The van der Waals surface area contributed by atoms with E-state index in [0.717, 1.165) is 6.07 Å². The van der Waals surface area contributed by atoms with Crippen LogP contribution in [0.4, 0.5) is 4.39 Å². The first kappa shape index (κ1) is 12.8. The second-order valence-electron chi connectivity index (χ2n) is 3.54. The van der Waals surface area contributed by atoms with Crippen molar-refractivity contribution in [2.75, 3.05) is 6.54 Å². The van der Waals surface area contributed by atoms with Crippen LogP contribution in [0.3, 0.4) is 0 Å². The first-order valence-corrected chi connectivity index (χ1v) is 4.84. The molecule has 0 aliphatic carbocycles. The number of halogens is 1. The number of hydrogen-bond acceptors (Lipinski definition) is 4. The molecule has 2 unspecified atom stereocenters. The summed E-state index contributed by atoms with van der Waals surface area (Å²) in [6.07, 6.45) is -2.68. The number of benzene rings is 1. The number of carbonyl (C=O) groups is 1. The summed E-state index contributed by atoms with van der Waals surface area (Å²) in [5.74, 6) is -0.916. The van der Waals surface area contributed by atoms with Gasteiger partial charge in [-0.25, -0.2) is 4.39 Å². The highest BCUT2D eigenvalue weighted by atomic mass is 19.1. The van der Waals surface area contributed by atoms with E-state index in [2.05, 4.69) is 0 Å². The summed E-state index contributed by atoms with van der Waals surface area (Å²) in [6.45, 7) is 1.15. The zero-order valence-electron chi connectivity index (χ0n) is 8.85. The normalized spacial score (nSPS) is 14.6. The summed E-state index contributed by atoms with van der Waals surface area (Å²) >= 11 is 0. The van der Waals surface area contributed by atoms with Gasteiger partial charge in [0.25, 0.3) is 0 Å². The largest absolute Gasteiger partial charge is 0.389 e. The van der Waals surface area contributed by atoms with Gasteiger partial charge >= 0.3 is 0 Å². The van der Waals surface area contributed by atoms with Crippen molar-refractivity contribution in [2.24, 2.45) is 5.73 Å². The Morgan fingerprint density at radius 2 is 2.12 bits per heavy atom. The van der Waals surface area contributed by atoms with Crippen LogP contribution in [0.2, 0.25) is 0 Å². The van der Waals surface area contributed by atoms with Gasteiger partial charge in [-0.2, -0.15) is 0 Å². The van der Waals surface area contributed by atoms with Crippen LogP contribution in [0.1, 0.15) is 28.9 Å². The Hall–Kier alpha value is -1.30. The first-order valence-electron chi connectivity index (χ1n) is 4.84. The van der Waals surface area contributed by atoms with Gasteiger partial charge in [-0.05, 0) is 25.1 Å². The molecule has 4 nitrogen and oxygen atoms in total. The molecule has 0 fully saturated rings. The maximum Gasteiger partial charge on any atom is 0.159 e. The SMILES string of the molecule is CC(=O)c1ccc(F)c(C(O)C(O)CN)c1. The molecule has 0 amide bonds. The Bertz CT molecular complexity index is 395. The molecule has 5 heteroatoms. The minimum Gasteiger partial charge on any atom is -0.389 e. The number of aliphatic hydroxyl groups is 2. The minimum absolute atomic E-state index is 0.120. The van der Waals surface area contributed by atoms with Gasteiger partial charge in [0, 0.05) is 17.7 Å². The average molecular weight is 227 g/mol. The predicted molar refractivity (Wildman–Crippen MR) is 56.4 cm³/mol. The molecule has 0 aliphatic rings. The Labute approximate surface area is 92.5 Å². The monoisotopic (exact) mass is 227 g/mol. The number of hydrogen-bond donors (Lipinski definition) is 3. The Balaban J connectivity index is 3.11. The van der Waals surface area contributed by atoms with Crippen LogP contribution in [0, 0.1) is 5.82 Å². The van der Waals surface area contributed by atoms with E-state index < -0.39 is 18.0 Å². The quantitative estimate of drug-likeness (QED) is 0.649. The van der Waals surface area contributed by atoms with Crippen molar-refractivity contribution in [3.8, 4) is 0 Å². The molecule has 1 rings (SSSR count). The third-order valence-electron chi connectivity index (χ3n) is 2.33. The van der Waals surface area contributed by atoms with E-state index in [1.165, 1.54) is 19.1 Å². The number of nitrogens with two attached hydrogens (primary N) is 1. The fourth-order valence-electron chi connectivity index (χ4n) is 1.33. The van der Waals surface area contributed by atoms with Crippen molar-refractivity contribution in [1.29, 1.82) is 0 Å². The maximum absolute atomic E-state index is 13.4. The maximum atomic E-state index is 13.4. The molecule has 0 bridgehead atoms. The lowest BCUT2D eigenvalue weighted by Crippen LogP contribution is -2.27.